The van der Waals surface area contributed by atoms with E-state index in [9.17, 15) is 4.79 Å². The number of carbonyl (C=O) groups excluding carboxylic acids is 1. The van der Waals surface area contributed by atoms with Gasteiger partial charge in [0.15, 0.2) is 0 Å². The van der Waals surface area contributed by atoms with Crippen LogP contribution in [0, 0.1) is 0 Å². The fraction of sp³-hybridized carbons (Fsp3) is 0.500. The van der Waals surface area contributed by atoms with Crippen molar-refractivity contribution < 1.29 is 9.90 Å². The van der Waals surface area contributed by atoms with E-state index in [-0.39, 0.29) is 11.7 Å². The highest BCUT2D eigenvalue weighted by Crippen LogP contribution is 2.10. The Kier molecular flexibility index (Phi) is 4.59. The molecule has 1 aromatic carbocycles. The molecule has 0 aliphatic carbocycles. The Morgan fingerprint density at radius 1 is 1.17 bits per heavy atom. The lowest BCUT2D eigenvalue weighted by Gasteiger charge is -2.26. The summed E-state index contributed by atoms with van der Waals surface area (Å²) >= 11 is 0. The van der Waals surface area contributed by atoms with E-state index in [1.807, 2.05) is 17.0 Å². The molecule has 18 heavy (non-hydrogen) atoms. The van der Waals surface area contributed by atoms with Gasteiger partial charge in [0.1, 0.15) is 5.75 Å². The van der Waals surface area contributed by atoms with Crippen molar-refractivity contribution in [2.45, 2.75) is 25.8 Å². The van der Waals surface area contributed by atoms with Gasteiger partial charge in [-0.25, -0.2) is 0 Å². The second-order valence-electron chi connectivity index (χ2n) is 4.71. The van der Waals surface area contributed by atoms with Crippen molar-refractivity contribution in [3.63, 3.8) is 0 Å². The van der Waals surface area contributed by atoms with Gasteiger partial charge in [0.2, 0.25) is 5.91 Å². The lowest BCUT2D eigenvalue weighted by molar-refractivity contribution is -0.131. The van der Waals surface area contributed by atoms with Crippen LogP contribution in [0.4, 0.5) is 0 Å². The summed E-state index contributed by atoms with van der Waals surface area (Å²) in [6, 6.07) is 7.02. The van der Waals surface area contributed by atoms with E-state index in [2.05, 4.69) is 5.32 Å². The molecule has 98 valence electrons. The van der Waals surface area contributed by atoms with Crippen molar-refractivity contribution in [2.75, 3.05) is 19.6 Å². The summed E-state index contributed by atoms with van der Waals surface area (Å²) in [6.45, 7) is 2.85. The van der Waals surface area contributed by atoms with E-state index in [1.54, 1.807) is 12.1 Å². The normalized spacial score (nSPS) is 15.7. The third-order valence-electron chi connectivity index (χ3n) is 3.25. The highest BCUT2D eigenvalue weighted by Gasteiger charge is 2.15. The third-order valence-corrected chi connectivity index (χ3v) is 3.25. The van der Waals surface area contributed by atoms with Gasteiger partial charge in [-0.05, 0) is 37.0 Å². The van der Waals surface area contributed by atoms with Crippen molar-refractivity contribution in [1.29, 1.82) is 0 Å². The van der Waals surface area contributed by atoms with Crippen LogP contribution in [0.25, 0.3) is 0 Å². The van der Waals surface area contributed by atoms with Crippen molar-refractivity contribution in [2.24, 2.45) is 0 Å². The SMILES string of the molecule is O=C(CNCc1ccc(O)cc1)N1CCCCC1. The average Bonchev–Trinajstić information content (AvgIpc) is 2.42. The lowest BCUT2D eigenvalue weighted by Crippen LogP contribution is -2.40. The van der Waals surface area contributed by atoms with Gasteiger partial charge in [-0.1, -0.05) is 12.1 Å². The summed E-state index contributed by atoms with van der Waals surface area (Å²) in [6.07, 6.45) is 3.50. The molecule has 0 aromatic heterocycles. The van der Waals surface area contributed by atoms with Crippen LogP contribution in [-0.2, 0) is 11.3 Å². The van der Waals surface area contributed by atoms with Crippen LogP contribution >= 0.6 is 0 Å². The standard InChI is InChI=1S/C14H20N2O2/c17-13-6-4-12(5-7-13)10-15-11-14(18)16-8-2-1-3-9-16/h4-7,15,17H,1-3,8-11H2. The van der Waals surface area contributed by atoms with Crippen molar-refractivity contribution >= 4 is 5.91 Å². The summed E-state index contributed by atoms with van der Waals surface area (Å²) in [7, 11) is 0. The van der Waals surface area contributed by atoms with Crippen LogP contribution in [0.2, 0.25) is 0 Å². The average molecular weight is 248 g/mol. The zero-order chi connectivity index (χ0) is 12.8. The first-order valence-corrected chi connectivity index (χ1v) is 6.52. The topological polar surface area (TPSA) is 52.6 Å². The number of hydrogen-bond acceptors (Lipinski definition) is 3. The molecule has 0 saturated carbocycles. The maximum absolute atomic E-state index is 11.9. The summed E-state index contributed by atoms with van der Waals surface area (Å²) in [5, 5.41) is 12.3. The number of piperidine rings is 1. The highest BCUT2D eigenvalue weighted by molar-refractivity contribution is 5.78. The first kappa shape index (κ1) is 12.9. The van der Waals surface area contributed by atoms with E-state index in [0.717, 1.165) is 31.5 Å². The summed E-state index contributed by atoms with van der Waals surface area (Å²) in [5.41, 5.74) is 1.07. The zero-order valence-corrected chi connectivity index (χ0v) is 10.6. The lowest BCUT2D eigenvalue weighted by atomic mass is 10.1. The van der Waals surface area contributed by atoms with Crippen molar-refractivity contribution in [3.8, 4) is 5.75 Å². The number of nitrogens with zero attached hydrogens (tertiary/aromatic N) is 1. The number of likely N-dealkylation sites (tertiary alicyclic amines) is 1. The van der Waals surface area contributed by atoms with E-state index in [1.165, 1.54) is 6.42 Å². The molecular formula is C14H20N2O2. The van der Waals surface area contributed by atoms with Crippen LogP contribution in [0.5, 0.6) is 5.75 Å². The molecule has 2 N–H and O–H groups in total. The Labute approximate surface area is 108 Å². The minimum absolute atomic E-state index is 0.188. The maximum Gasteiger partial charge on any atom is 0.236 e. The summed E-state index contributed by atoms with van der Waals surface area (Å²) in [5.74, 6) is 0.455. The Balaban J connectivity index is 1.71. The van der Waals surface area contributed by atoms with Crippen LogP contribution in [0.15, 0.2) is 24.3 Å². The van der Waals surface area contributed by atoms with Crippen molar-refractivity contribution in [3.05, 3.63) is 29.8 Å². The van der Waals surface area contributed by atoms with Gasteiger partial charge in [-0.3, -0.25) is 4.79 Å². The number of hydrogen-bond donors (Lipinski definition) is 2. The Bertz CT molecular complexity index is 383. The molecule has 0 bridgehead atoms. The van der Waals surface area contributed by atoms with Gasteiger partial charge >= 0.3 is 0 Å². The predicted molar refractivity (Wildman–Crippen MR) is 70.2 cm³/mol. The smallest absolute Gasteiger partial charge is 0.236 e. The minimum Gasteiger partial charge on any atom is -0.508 e. The minimum atomic E-state index is 0.188. The van der Waals surface area contributed by atoms with Crippen LogP contribution in [0.3, 0.4) is 0 Å². The highest BCUT2D eigenvalue weighted by atomic mass is 16.3. The van der Waals surface area contributed by atoms with Gasteiger partial charge in [0.05, 0.1) is 6.54 Å². The zero-order valence-electron chi connectivity index (χ0n) is 10.6. The molecule has 0 radical (unpaired) electrons. The van der Waals surface area contributed by atoms with E-state index in [0.29, 0.717) is 13.1 Å². The number of carbonyl (C=O) groups is 1. The maximum atomic E-state index is 11.9. The molecule has 1 fully saturated rings. The Morgan fingerprint density at radius 3 is 2.50 bits per heavy atom. The van der Waals surface area contributed by atoms with Gasteiger partial charge in [-0.15, -0.1) is 0 Å². The number of phenolic OH excluding ortho intramolecular Hbond substituents is 1. The molecule has 0 atom stereocenters. The number of rotatable bonds is 4. The Hall–Kier alpha value is -1.55. The molecule has 1 saturated heterocycles. The molecule has 1 aromatic rings. The quantitative estimate of drug-likeness (QED) is 0.849. The molecule has 0 spiro atoms. The molecule has 1 aliphatic heterocycles. The van der Waals surface area contributed by atoms with Crippen LogP contribution < -0.4 is 5.32 Å². The second-order valence-corrected chi connectivity index (χ2v) is 4.71. The van der Waals surface area contributed by atoms with Crippen molar-refractivity contribution in [1.82, 2.24) is 10.2 Å². The number of benzene rings is 1. The van der Waals surface area contributed by atoms with E-state index in [4.69, 9.17) is 5.11 Å². The molecule has 4 nitrogen and oxygen atoms in total. The molecule has 1 heterocycles. The number of nitrogens with one attached hydrogen (secondary N) is 1. The molecule has 4 heteroatoms. The predicted octanol–water partition coefficient (Wildman–Crippen LogP) is 1.49. The van der Waals surface area contributed by atoms with E-state index >= 15 is 0 Å². The second kappa shape index (κ2) is 6.40. The fourth-order valence-electron chi connectivity index (χ4n) is 2.18. The van der Waals surface area contributed by atoms with Gasteiger partial charge in [0, 0.05) is 19.6 Å². The van der Waals surface area contributed by atoms with Crippen LogP contribution in [0.1, 0.15) is 24.8 Å². The van der Waals surface area contributed by atoms with Gasteiger partial charge < -0.3 is 15.3 Å². The molecular weight excluding hydrogens is 228 g/mol. The third kappa shape index (κ3) is 3.74. The van der Waals surface area contributed by atoms with Crippen LogP contribution in [-0.4, -0.2) is 35.5 Å². The first-order chi connectivity index (χ1) is 8.75. The molecule has 0 unspecified atom stereocenters. The number of phenols is 1. The summed E-state index contributed by atoms with van der Waals surface area (Å²) < 4.78 is 0. The largest absolute Gasteiger partial charge is 0.508 e. The van der Waals surface area contributed by atoms with E-state index < -0.39 is 0 Å². The Morgan fingerprint density at radius 2 is 1.83 bits per heavy atom. The first-order valence-electron chi connectivity index (χ1n) is 6.52. The molecule has 1 aliphatic rings. The molecule has 1 amide bonds. The summed E-state index contributed by atoms with van der Waals surface area (Å²) in [4.78, 5) is 13.8. The van der Waals surface area contributed by atoms with Gasteiger partial charge in [-0.2, -0.15) is 0 Å². The fourth-order valence-corrected chi connectivity index (χ4v) is 2.18. The molecule has 2 rings (SSSR count). The monoisotopic (exact) mass is 248 g/mol. The van der Waals surface area contributed by atoms with Gasteiger partial charge in [0.25, 0.3) is 0 Å². The number of amides is 1. The number of aromatic hydroxyl groups is 1.